The van der Waals surface area contributed by atoms with Crippen LogP contribution in [-0.2, 0) is 30.7 Å². The molecule has 1 aliphatic carbocycles. The first-order valence-electron chi connectivity index (χ1n) is 12.1. The molecule has 3 aromatic heterocycles. The zero-order valence-corrected chi connectivity index (χ0v) is 21.8. The van der Waals surface area contributed by atoms with Crippen molar-refractivity contribution in [3.8, 4) is 10.9 Å². The van der Waals surface area contributed by atoms with Gasteiger partial charge in [-0.3, -0.25) is 14.7 Å². The lowest BCUT2D eigenvalue weighted by Gasteiger charge is -2.20. The molecule has 1 aromatic carbocycles. The van der Waals surface area contributed by atoms with E-state index in [1.54, 1.807) is 17.4 Å². The number of aromatic nitrogens is 4. The van der Waals surface area contributed by atoms with E-state index in [1.807, 2.05) is 31.2 Å². The molecule has 2 atom stereocenters. The van der Waals surface area contributed by atoms with Crippen LogP contribution in [0.25, 0.3) is 5.00 Å². The Bertz CT molecular complexity index is 1510. The van der Waals surface area contributed by atoms with Gasteiger partial charge in [0.15, 0.2) is 5.82 Å². The number of aryl methyl sites for hydroxylation is 1. The molecule has 1 amide bonds. The highest BCUT2D eigenvalue weighted by atomic mass is 35.5. The predicted molar refractivity (Wildman–Crippen MR) is 138 cm³/mol. The predicted octanol–water partition coefficient (Wildman–Crippen LogP) is 4.51. The molecule has 196 valence electrons. The Morgan fingerprint density at radius 1 is 1.26 bits per heavy atom. The number of ether oxygens (including phenoxy) is 1. The Balaban J connectivity index is 1.25. The van der Waals surface area contributed by atoms with Gasteiger partial charge in [-0.2, -0.15) is 8.78 Å². The molecule has 0 unspecified atom stereocenters. The number of halogens is 3. The van der Waals surface area contributed by atoms with Crippen LogP contribution in [0, 0.1) is 12.8 Å². The van der Waals surface area contributed by atoms with E-state index in [0.29, 0.717) is 30.0 Å². The second-order valence-electron chi connectivity index (χ2n) is 9.26. The largest absolute Gasteiger partial charge is 0.417 e. The van der Waals surface area contributed by atoms with Crippen LogP contribution in [0.15, 0.2) is 42.6 Å². The molecule has 0 saturated heterocycles. The van der Waals surface area contributed by atoms with Crippen LogP contribution in [-0.4, -0.2) is 32.3 Å². The quantitative estimate of drug-likeness (QED) is 0.363. The number of hydrogen-bond acceptors (Lipinski definition) is 7. The van der Waals surface area contributed by atoms with Gasteiger partial charge in [0.1, 0.15) is 10.8 Å². The topological polar surface area (TPSA) is 94.0 Å². The summed E-state index contributed by atoms with van der Waals surface area (Å²) in [6, 6.07) is 10.6. The second-order valence-corrected chi connectivity index (χ2v) is 10.8. The normalized spacial score (nSPS) is 18.0. The summed E-state index contributed by atoms with van der Waals surface area (Å²) < 4.78 is 31.1. The van der Waals surface area contributed by atoms with E-state index in [0.717, 1.165) is 27.8 Å². The van der Waals surface area contributed by atoms with Crippen LogP contribution in [0.3, 0.4) is 0 Å². The summed E-state index contributed by atoms with van der Waals surface area (Å²) in [5.41, 5.74) is 3.96. The van der Waals surface area contributed by atoms with Gasteiger partial charge in [0.25, 0.3) is 0 Å². The minimum atomic E-state index is -2.93. The summed E-state index contributed by atoms with van der Waals surface area (Å²) in [6.07, 6.45) is 2.65. The van der Waals surface area contributed by atoms with Crippen molar-refractivity contribution in [1.82, 2.24) is 30.4 Å². The molecule has 2 N–H and O–H groups in total. The number of hydrogen-bond donors (Lipinski definition) is 2. The van der Waals surface area contributed by atoms with Crippen LogP contribution in [0.2, 0.25) is 5.02 Å². The molecule has 4 heterocycles. The van der Waals surface area contributed by atoms with E-state index in [9.17, 15) is 13.6 Å². The number of benzene rings is 1. The molecule has 8 nitrogen and oxygen atoms in total. The Morgan fingerprint density at radius 3 is 2.87 bits per heavy atom. The number of carbonyl (C=O) groups is 1. The fourth-order valence-corrected chi connectivity index (χ4v) is 6.92. The number of pyridine rings is 1. The summed E-state index contributed by atoms with van der Waals surface area (Å²) in [6.45, 7) is -0.208. The minimum absolute atomic E-state index is 0.0629. The van der Waals surface area contributed by atoms with Gasteiger partial charge in [-0.05, 0) is 42.5 Å². The van der Waals surface area contributed by atoms with E-state index in [-0.39, 0.29) is 30.3 Å². The van der Waals surface area contributed by atoms with Gasteiger partial charge in [-0.1, -0.05) is 35.9 Å². The highest BCUT2D eigenvalue weighted by Crippen LogP contribution is 2.46. The number of alkyl halides is 2. The number of carbonyl (C=O) groups excluding carboxylic acids is 1. The van der Waals surface area contributed by atoms with Crippen LogP contribution < -0.4 is 15.4 Å². The van der Waals surface area contributed by atoms with Gasteiger partial charge in [-0.25, -0.2) is 4.98 Å². The van der Waals surface area contributed by atoms with Crippen molar-refractivity contribution in [1.29, 1.82) is 0 Å². The number of nitrogens with one attached hydrogen (secondary N) is 2. The molecular weight excluding hydrogens is 534 g/mol. The highest BCUT2D eigenvalue weighted by molar-refractivity contribution is 7.15. The van der Waals surface area contributed by atoms with Crippen molar-refractivity contribution >= 4 is 28.8 Å². The van der Waals surface area contributed by atoms with Crippen LogP contribution in [0.1, 0.15) is 44.8 Å². The van der Waals surface area contributed by atoms with Crippen molar-refractivity contribution in [3.05, 3.63) is 86.4 Å². The second kappa shape index (κ2) is 10.0. The highest BCUT2D eigenvalue weighted by Gasteiger charge is 2.38. The summed E-state index contributed by atoms with van der Waals surface area (Å²) in [5, 5.41) is 17.0. The molecule has 0 bridgehead atoms. The average molecular weight is 557 g/mol. The van der Waals surface area contributed by atoms with Crippen molar-refractivity contribution in [2.24, 2.45) is 5.92 Å². The fourth-order valence-electron chi connectivity index (χ4n) is 5.16. The Kier molecular flexibility index (Phi) is 6.58. The molecule has 4 aromatic rings. The minimum Gasteiger partial charge on any atom is -0.417 e. The lowest BCUT2D eigenvalue weighted by Crippen LogP contribution is -2.31. The van der Waals surface area contributed by atoms with Gasteiger partial charge in [0.05, 0.1) is 12.6 Å². The van der Waals surface area contributed by atoms with Crippen molar-refractivity contribution in [3.63, 3.8) is 0 Å². The number of thiophene rings is 1. The lowest BCUT2D eigenvalue weighted by molar-refractivity contribution is -0.124. The monoisotopic (exact) mass is 556 g/mol. The fraction of sp³-hybridized carbons (Fsp3) is 0.308. The van der Waals surface area contributed by atoms with Gasteiger partial charge >= 0.3 is 6.61 Å². The first-order chi connectivity index (χ1) is 18.4. The summed E-state index contributed by atoms with van der Waals surface area (Å²) in [5.74, 6) is 1.21. The summed E-state index contributed by atoms with van der Waals surface area (Å²) in [4.78, 5) is 18.2. The average Bonchev–Trinajstić information content (AvgIpc) is 3.54. The molecular formula is C26H23ClF2N6O2S. The van der Waals surface area contributed by atoms with E-state index in [2.05, 4.69) is 35.1 Å². The maximum absolute atomic E-state index is 13.1. The smallest absolute Gasteiger partial charge is 0.388 e. The standard InChI is InChI=1S/C26H23ClF2N6O2S/c1-13-33-34-20-12-31-23(16-4-2-3-5-18(16)27)22-17-8-15(9-19(17)38-25(22)35(13)20)24(36)32-11-14-6-7-21(30-10-14)37-26(28)29/h2-7,10,15,23,26,31H,8-9,11-12H2,1H3,(H,32,36)/t15-,23+/m0/s1. The first kappa shape index (κ1) is 24.9. The molecule has 12 heteroatoms. The third kappa shape index (κ3) is 4.55. The van der Waals surface area contributed by atoms with Crippen LogP contribution in [0.5, 0.6) is 5.88 Å². The van der Waals surface area contributed by atoms with Crippen molar-refractivity contribution < 1.29 is 18.3 Å². The third-order valence-corrected chi connectivity index (χ3v) is 8.50. The summed E-state index contributed by atoms with van der Waals surface area (Å²) in [7, 11) is 0. The SMILES string of the molecule is Cc1nnc2n1-c1sc3c(c1[C@@H](c1ccccc1Cl)NC2)C[C@H](C(=O)NCc1ccc(OC(F)F)nc1)C3. The Hall–Kier alpha value is -3.41. The summed E-state index contributed by atoms with van der Waals surface area (Å²) >= 11 is 8.32. The van der Waals surface area contributed by atoms with Crippen LogP contribution >= 0.6 is 22.9 Å². The number of fused-ring (bicyclic) bond motifs is 5. The molecule has 38 heavy (non-hydrogen) atoms. The molecule has 0 fully saturated rings. The van der Waals surface area contributed by atoms with Gasteiger partial charge in [-0.15, -0.1) is 21.5 Å². The number of rotatable bonds is 6. The Morgan fingerprint density at radius 2 is 2.11 bits per heavy atom. The molecule has 0 radical (unpaired) electrons. The Labute approximate surface area is 226 Å². The molecule has 2 aliphatic rings. The van der Waals surface area contributed by atoms with E-state index < -0.39 is 6.61 Å². The first-order valence-corrected chi connectivity index (χ1v) is 13.3. The van der Waals surface area contributed by atoms with Crippen LogP contribution in [0.4, 0.5) is 8.78 Å². The van der Waals surface area contributed by atoms with Gasteiger partial charge in [0, 0.05) is 40.2 Å². The molecule has 0 saturated carbocycles. The van der Waals surface area contributed by atoms with Gasteiger partial charge in [0.2, 0.25) is 11.8 Å². The number of nitrogens with zero attached hydrogens (tertiary/aromatic N) is 4. The van der Waals surface area contributed by atoms with Gasteiger partial charge < -0.3 is 10.1 Å². The molecule has 6 rings (SSSR count). The number of amides is 1. The third-order valence-electron chi connectivity index (χ3n) is 6.90. The lowest BCUT2D eigenvalue weighted by atomic mass is 9.95. The zero-order chi connectivity index (χ0) is 26.4. The molecule has 1 aliphatic heterocycles. The van der Waals surface area contributed by atoms with Crippen molar-refractivity contribution in [2.75, 3.05) is 0 Å². The van der Waals surface area contributed by atoms with E-state index in [1.165, 1.54) is 22.7 Å². The zero-order valence-electron chi connectivity index (χ0n) is 20.2. The maximum atomic E-state index is 13.1. The molecule has 0 spiro atoms. The maximum Gasteiger partial charge on any atom is 0.388 e. The van der Waals surface area contributed by atoms with Crippen molar-refractivity contribution in [2.45, 2.75) is 45.5 Å². The van der Waals surface area contributed by atoms with E-state index in [4.69, 9.17) is 11.6 Å². The van der Waals surface area contributed by atoms with E-state index >= 15 is 0 Å².